The second-order valence-corrected chi connectivity index (χ2v) is 8.40. The molecular formula is C20H19ClF2N4O2S. The Bertz CT molecular complexity index is 987. The van der Waals surface area contributed by atoms with Crippen LogP contribution in [0, 0.1) is 17.8 Å². The minimum absolute atomic E-state index is 0.146. The molecule has 0 aromatic carbocycles. The van der Waals surface area contributed by atoms with E-state index in [9.17, 15) is 8.78 Å². The lowest BCUT2D eigenvalue weighted by Gasteiger charge is -2.18. The normalized spacial score (nSPS) is 24.7. The van der Waals surface area contributed by atoms with Gasteiger partial charge in [0.2, 0.25) is 5.95 Å². The first-order valence-corrected chi connectivity index (χ1v) is 10.2. The smallest absolute Gasteiger partial charge is 0.292 e. The first-order valence-electron chi connectivity index (χ1n) is 8.96. The van der Waals surface area contributed by atoms with Gasteiger partial charge in [-0.05, 0) is 35.8 Å². The maximum absolute atomic E-state index is 14.4. The molecule has 0 saturated heterocycles. The van der Waals surface area contributed by atoms with E-state index in [0.29, 0.717) is 39.0 Å². The Morgan fingerprint density at radius 3 is 2.70 bits per heavy atom. The number of hydrogen-bond acceptors (Lipinski definition) is 7. The number of aromatic nitrogens is 2. The van der Waals surface area contributed by atoms with Gasteiger partial charge in [0, 0.05) is 29.1 Å². The zero-order valence-corrected chi connectivity index (χ0v) is 17.7. The highest BCUT2D eigenvalue weighted by atomic mass is 35.5. The van der Waals surface area contributed by atoms with Gasteiger partial charge in [-0.15, -0.1) is 0 Å². The van der Waals surface area contributed by atoms with Crippen molar-refractivity contribution in [1.29, 1.82) is 0 Å². The number of methoxy groups -OCH3 is 1. The summed E-state index contributed by atoms with van der Waals surface area (Å²) in [4.78, 5) is 21.1. The van der Waals surface area contributed by atoms with Crippen molar-refractivity contribution in [3.05, 3.63) is 58.4 Å². The van der Waals surface area contributed by atoms with E-state index in [1.54, 1.807) is 12.1 Å². The largest absolute Gasteiger partial charge is 0.471 e. The molecule has 1 saturated carbocycles. The molecule has 3 unspecified atom stereocenters. The quantitative estimate of drug-likeness (QED) is 0.550. The Hall–Kier alpha value is -2.52. The van der Waals surface area contributed by atoms with Crippen LogP contribution in [0.15, 0.2) is 35.6 Å². The number of halogens is 3. The maximum atomic E-state index is 14.4. The summed E-state index contributed by atoms with van der Waals surface area (Å²) in [5.74, 6) is -0.520. The molecule has 30 heavy (non-hydrogen) atoms. The van der Waals surface area contributed by atoms with Gasteiger partial charge in [0.15, 0.2) is 5.17 Å². The molecular weight excluding hydrogens is 434 g/mol. The van der Waals surface area contributed by atoms with Crippen molar-refractivity contribution in [2.24, 2.45) is 22.6 Å². The van der Waals surface area contributed by atoms with Crippen molar-refractivity contribution >= 4 is 46.9 Å². The van der Waals surface area contributed by atoms with Gasteiger partial charge < -0.3 is 10.5 Å². The van der Waals surface area contributed by atoms with Crippen LogP contribution < -0.4 is 5.73 Å². The van der Waals surface area contributed by atoms with Crippen LogP contribution in [0.3, 0.4) is 0 Å². The Morgan fingerprint density at radius 2 is 2.07 bits per heavy atom. The van der Waals surface area contributed by atoms with E-state index < -0.39 is 11.8 Å². The molecule has 0 amide bonds. The van der Waals surface area contributed by atoms with Crippen LogP contribution in [0.1, 0.15) is 29.8 Å². The molecule has 4 rings (SSSR count). The molecule has 6 nitrogen and oxygen atoms in total. The molecule has 158 valence electrons. The fourth-order valence-electron chi connectivity index (χ4n) is 3.28. The standard InChI is InChI=1S/C18H15ClF2N4S.C2H4O2/c1-8-14-15(25-18(22)26-16(8)14)11-4-9(6-24-17(11)21)5-12(20)13-3-2-10(19)7-23-13;1-4-2-3/h2-8,14-16H,1H3,(H2,22,25);2H,1H3/b12-5-;/t8-,14?,15?,16?;/m0./s1. The van der Waals surface area contributed by atoms with Crippen LogP contribution in [0.5, 0.6) is 0 Å². The average Bonchev–Trinajstić information content (AvgIpc) is 3.38. The zero-order valence-electron chi connectivity index (χ0n) is 16.1. The third-order valence-electron chi connectivity index (χ3n) is 4.82. The predicted octanol–water partition coefficient (Wildman–Crippen LogP) is 4.26. The van der Waals surface area contributed by atoms with Gasteiger partial charge in [-0.2, -0.15) is 4.39 Å². The summed E-state index contributed by atoms with van der Waals surface area (Å²) in [6.45, 7) is 2.48. The van der Waals surface area contributed by atoms with Crippen molar-refractivity contribution in [1.82, 2.24) is 9.97 Å². The molecule has 4 atom stereocenters. The van der Waals surface area contributed by atoms with E-state index >= 15 is 0 Å². The number of carbonyl (C=O) groups excluding carboxylic acids is 1. The molecule has 2 N–H and O–H groups in total. The van der Waals surface area contributed by atoms with Crippen molar-refractivity contribution in [2.45, 2.75) is 18.2 Å². The number of carbonyl (C=O) groups is 1. The first kappa shape index (κ1) is 22.2. The molecule has 2 aliphatic rings. The number of fused-ring (bicyclic) bond motifs is 1. The fourth-order valence-corrected chi connectivity index (χ4v) is 4.71. The summed E-state index contributed by atoms with van der Waals surface area (Å²) in [6.07, 6.45) is 3.92. The predicted molar refractivity (Wildman–Crippen MR) is 114 cm³/mol. The minimum Gasteiger partial charge on any atom is -0.471 e. The fraction of sp³-hybridized carbons (Fsp3) is 0.300. The van der Waals surface area contributed by atoms with Crippen molar-refractivity contribution < 1.29 is 18.3 Å². The van der Waals surface area contributed by atoms with Crippen molar-refractivity contribution in [3.63, 3.8) is 0 Å². The number of aliphatic imine (C=N–C) groups is 1. The Kier molecular flexibility index (Phi) is 7.04. The van der Waals surface area contributed by atoms with E-state index in [0.717, 1.165) is 0 Å². The third-order valence-corrected chi connectivity index (χ3v) is 6.41. The van der Waals surface area contributed by atoms with Crippen molar-refractivity contribution in [2.75, 3.05) is 7.11 Å². The van der Waals surface area contributed by atoms with Gasteiger partial charge in [-0.3, -0.25) is 14.8 Å². The van der Waals surface area contributed by atoms with Gasteiger partial charge in [0.1, 0.15) is 5.83 Å². The number of nitrogens with two attached hydrogens (primary N) is 1. The molecule has 2 aromatic heterocycles. The van der Waals surface area contributed by atoms with Crippen LogP contribution >= 0.6 is 23.4 Å². The molecule has 3 heterocycles. The number of amidine groups is 1. The molecule has 1 aliphatic heterocycles. The van der Waals surface area contributed by atoms with Crippen LogP contribution in [0.2, 0.25) is 5.02 Å². The molecule has 1 aliphatic carbocycles. The van der Waals surface area contributed by atoms with Gasteiger partial charge in [0.25, 0.3) is 6.47 Å². The molecule has 0 bridgehead atoms. The van der Waals surface area contributed by atoms with Gasteiger partial charge >= 0.3 is 0 Å². The molecule has 10 heteroatoms. The molecule has 2 aromatic rings. The summed E-state index contributed by atoms with van der Waals surface area (Å²) in [6, 6.07) is 4.23. The second kappa shape index (κ2) is 9.53. The molecule has 1 fully saturated rings. The van der Waals surface area contributed by atoms with E-state index in [-0.39, 0.29) is 17.7 Å². The summed E-state index contributed by atoms with van der Waals surface area (Å²) < 4.78 is 32.6. The number of pyridine rings is 2. The van der Waals surface area contributed by atoms with Gasteiger partial charge in [-0.1, -0.05) is 30.3 Å². The highest BCUT2D eigenvalue weighted by Gasteiger charge is 2.55. The molecule has 0 spiro atoms. The number of rotatable bonds is 4. The van der Waals surface area contributed by atoms with Crippen LogP contribution in [-0.4, -0.2) is 34.0 Å². The summed E-state index contributed by atoms with van der Waals surface area (Å²) in [7, 11) is 1.31. The number of thioether (sulfide) groups is 1. The van der Waals surface area contributed by atoms with Crippen LogP contribution in [0.25, 0.3) is 11.9 Å². The monoisotopic (exact) mass is 452 g/mol. The zero-order chi connectivity index (χ0) is 21.8. The van der Waals surface area contributed by atoms with E-state index in [1.165, 1.54) is 43.4 Å². The van der Waals surface area contributed by atoms with E-state index in [2.05, 4.69) is 26.6 Å². The van der Waals surface area contributed by atoms with Crippen LogP contribution in [-0.2, 0) is 9.53 Å². The van der Waals surface area contributed by atoms with E-state index in [4.69, 9.17) is 22.1 Å². The molecule has 0 radical (unpaired) electrons. The lowest BCUT2D eigenvalue weighted by Crippen LogP contribution is -2.18. The third kappa shape index (κ3) is 4.96. The minimum atomic E-state index is -0.599. The summed E-state index contributed by atoms with van der Waals surface area (Å²) in [5, 5.41) is 1.23. The van der Waals surface area contributed by atoms with Crippen molar-refractivity contribution in [3.8, 4) is 0 Å². The SMILES string of the molecule is COC=O.C[C@@H]1C2SC(N)=NC(c3cc(/C=C(\F)c4ccc(Cl)cn4)cnc3F)C21. The Morgan fingerprint density at radius 1 is 1.33 bits per heavy atom. The van der Waals surface area contributed by atoms with Crippen LogP contribution in [0.4, 0.5) is 8.78 Å². The highest BCUT2D eigenvalue weighted by Crippen LogP contribution is 2.58. The lowest BCUT2D eigenvalue weighted by molar-refractivity contribution is -0.126. The maximum Gasteiger partial charge on any atom is 0.292 e. The summed E-state index contributed by atoms with van der Waals surface area (Å²) in [5.41, 5.74) is 6.81. The van der Waals surface area contributed by atoms with Gasteiger partial charge in [0.05, 0.1) is 23.9 Å². The number of nitrogens with zero attached hydrogens (tertiary/aromatic N) is 3. The topological polar surface area (TPSA) is 90.5 Å². The second-order valence-electron chi connectivity index (χ2n) is 6.77. The Labute approximate surface area is 181 Å². The van der Waals surface area contributed by atoms with E-state index in [1.807, 2.05) is 0 Å². The average molecular weight is 453 g/mol. The lowest BCUT2D eigenvalue weighted by atomic mass is 10.0. The van der Waals surface area contributed by atoms with Gasteiger partial charge in [-0.25, -0.2) is 9.37 Å². The first-order chi connectivity index (χ1) is 14.3. The summed E-state index contributed by atoms with van der Waals surface area (Å²) >= 11 is 7.30. The number of hydrogen-bond donors (Lipinski definition) is 1. The Balaban J connectivity index is 0.000000589. The highest BCUT2D eigenvalue weighted by molar-refractivity contribution is 8.14. The number of ether oxygens (including phenoxy) is 1.